The van der Waals surface area contributed by atoms with E-state index < -0.39 is 0 Å². The molecule has 1 aromatic carbocycles. The number of para-hydroxylation sites is 2. The van der Waals surface area contributed by atoms with Gasteiger partial charge in [-0.25, -0.2) is 4.79 Å². The highest BCUT2D eigenvalue weighted by Crippen LogP contribution is 2.14. The first-order valence-electron chi connectivity index (χ1n) is 7.55. The van der Waals surface area contributed by atoms with E-state index in [4.69, 9.17) is 4.42 Å². The Hall–Kier alpha value is -2.76. The molecule has 0 saturated heterocycles. The first-order chi connectivity index (χ1) is 11.1. The van der Waals surface area contributed by atoms with Gasteiger partial charge < -0.3 is 9.73 Å². The highest BCUT2D eigenvalue weighted by molar-refractivity contribution is 5.78. The Morgan fingerprint density at radius 1 is 1.22 bits per heavy atom. The molecule has 0 saturated carbocycles. The van der Waals surface area contributed by atoms with Gasteiger partial charge >= 0.3 is 5.69 Å². The first-order valence-corrected chi connectivity index (χ1v) is 7.55. The van der Waals surface area contributed by atoms with Crippen molar-refractivity contribution in [3.8, 4) is 0 Å². The predicted octanol–water partition coefficient (Wildman–Crippen LogP) is 2.20. The number of nitrogens with one attached hydrogen (secondary N) is 1. The third-order valence-electron chi connectivity index (χ3n) is 3.96. The number of aromatic nitrogens is 2. The zero-order chi connectivity index (χ0) is 16.4. The van der Waals surface area contributed by atoms with Gasteiger partial charge in [0.25, 0.3) is 0 Å². The van der Waals surface area contributed by atoms with Crippen LogP contribution in [-0.2, 0) is 18.4 Å². The van der Waals surface area contributed by atoms with Crippen molar-refractivity contribution in [2.24, 2.45) is 7.05 Å². The van der Waals surface area contributed by atoms with Crippen LogP contribution in [0.2, 0.25) is 0 Å². The lowest BCUT2D eigenvalue weighted by molar-refractivity contribution is -0.122. The highest BCUT2D eigenvalue weighted by atomic mass is 16.3. The Labute approximate surface area is 133 Å². The summed E-state index contributed by atoms with van der Waals surface area (Å²) in [6.07, 6.45) is 1.81. The van der Waals surface area contributed by atoms with E-state index in [1.54, 1.807) is 28.5 Å². The molecule has 0 aliphatic rings. The summed E-state index contributed by atoms with van der Waals surface area (Å²) in [5.74, 6) is 0.592. The second-order valence-corrected chi connectivity index (χ2v) is 5.54. The van der Waals surface area contributed by atoms with Gasteiger partial charge in [0.2, 0.25) is 5.91 Å². The topological polar surface area (TPSA) is 69.2 Å². The zero-order valence-electron chi connectivity index (χ0n) is 13.2. The highest BCUT2D eigenvalue weighted by Gasteiger charge is 2.14. The van der Waals surface area contributed by atoms with E-state index >= 15 is 0 Å². The Bertz CT molecular complexity index is 874. The Kier molecular flexibility index (Phi) is 4.06. The van der Waals surface area contributed by atoms with Crippen LogP contribution in [0.1, 0.15) is 25.1 Å². The number of amides is 1. The van der Waals surface area contributed by atoms with Crippen molar-refractivity contribution in [3.05, 3.63) is 58.9 Å². The molecule has 1 unspecified atom stereocenters. The minimum absolute atomic E-state index is 0.113. The molecule has 23 heavy (non-hydrogen) atoms. The summed E-state index contributed by atoms with van der Waals surface area (Å²) in [5, 5.41) is 2.87. The molecule has 1 atom stereocenters. The molecule has 1 amide bonds. The number of hydrogen-bond donors (Lipinski definition) is 1. The number of carbonyl (C=O) groups excluding carboxylic acids is 1. The molecule has 6 nitrogen and oxygen atoms in total. The third-order valence-corrected chi connectivity index (χ3v) is 3.96. The van der Waals surface area contributed by atoms with Gasteiger partial charge in [0, 0.05) is 20.0 Å². The number of nitrogens with zero attached hydrogens (tertiary/aromatic N) is 2. The van der Waals surface area contributed by atoms with Crippen LogP contribution in [0, 0.1) is 0 Å². The molecule has 2 aromatic heterocycles. The average Bonchev–Trinajstić information content (AvgIpc) is 3.15. The van der Waals surface area contributed by atoms with Gasteiger partial charge in [-0.2, -0.15) is 0 Å². The van der Waals surface area contributed by atoms with Crippen molar-refractivity contribution in [3.63, 3.8) is 0 Å². The van der Waals surface area contributed by atoms with Gasteiger partial charge in [-0.3, -0.25) is 13.9 Å². The van der Waals surface area contributed by atoms with E-state index in [9.17, 15) is 9.59 Å². The van der Waals surface area contributed by atoms with E-state index in [0.29, 0.717) is 12.3 Å². The summed E-state index contributed by atoms with van der Waals surface area (Å²) in [6.45, 7) is 2.21. The van der Waals surface area contributed by atoms with Gasteiger partial charge in [0.15, 0.2) is 0 Å². The van der Waals surface area contributed by atoms with Gasteiger partial charge in [0.1, 0.15) is 5.76 Å². The molecule has 3 aromatic rings. The lowest BCUT2D eigenvalue weighted by atomic mass is 10.2. The van der Waals surface area contributed by atoms with Gasteiger partial charge in [-0.05, 0) is 31.2 Å². The Balaban J connectivity index is 1.70. The van der Waals surface area contributed by atoms with Crippen LogP contribution < -0.4 is 11.0 Å². The van der Waals surface area contributed by atoms with E-state index in [1.165, 1.54) is 0 Å². The molecular weight excluding hydrogens is 294 g/mol. The van der Waals surface area contributed by atoms with Gasteiger partial charge in [-0.1, -0.05) is 12.1 Å². The molecule has 0 aliphatic heterocycles. The quantitative estimate of drug-likeness (QED) is 0.785. The van der Waals surface area contributed by atoms with Crippen LogP contribution >= 0.6 is 0 Å². The number of fused-ring (bicyclic) bond motifs is 1. The number of hydrogen-bond acceptors (Lipinski definition) is 3. The smallest absolute Gasteiger partial charge is 0.328 e. The summed E-state index contributed by atoms with van der Waals surface area (Å²) >= 11 is 0. The summed E-state index contributed by atoms with van der Waals surface area (Å²) < 4.78 is 8.49. The zero-order valence-corrected chi connectivity index (χ0v) is 13.2. The lowest BCUT2D eigenvalue weighted by Crippen LogP contribution is -2.29. The fourth-order valence-electron chi connectivity index (χ4n) is 2.72. The summed E-state index contributed by atoms with van der Waals surface area (Å²) in [7, 11) is 1.74. The molecule has 0 bridgehead atoms. The number of imidazole rings is 1. The summed E-state index contributed by atoms with van der Waals surface area (Å²) in [5.41, 5.74) is 1.59. The van der Waals surface area contributed by atoms with Gasteiger partial charge in [-0.15, -0.1) is 0 Å². The van der Waals surface area contributed by atoms with Crippen molar-refractivity contribution < 1.29 is 9.21 Å². The molecular formula is C17H19N3O3. The van der Waals surface area contributed by atoms with Crippen LogP contribution in [0.3, 0.4) is 0 Å². The number of rotatable bonds is 5. The molecule has 0 aliphatic carbocycles. The minimum Gasteiger partial charge on any atom is -0.467 e. The average molecular weight is 313 g/mol. The molecule has 0 spiro atoms. The van der Waals surface area contributed by atoms with Crippen molar-refractivity contribution >= 4 is 16.9 Å². The largest absolute Gasteiger partial charge is 0.467 e. The monoisotopic (exact) mass is 313 g/mol. The molecule has 120 valence electrons. The van der Waals surface area contributed by atoms with E-state index in [0.717, 1.165) is 11.0 Å². The normalized spacial score (nSPS) is 12.4. The molecule has 0 fully saturated rings. The number of carbonyl (C=O) groups is 1. The molecule has 1 N–H and O–H groups in total. The number of furan rings is 1. The van der Waals surface area contributed by atoms with Crippen molar-refractivity contribution in [1.82, 2.24) is 14.5 Å². The Morgan fingerprint density at radius 3 is 2.65 bits per heavy atom. The summed E-state index contributed by atoms with van der Waals surface area (Å²) in [6, 6.07) is 11.0. The first kappa shape index (κ1) is 15.1. The Morgan fingerprint density at radius 2 is 1.96 bits per heavy atom. The number of benzene rings is 1. The van der Waals surface area contributed by atoms with Crippen molar-refractivity contribution in [2.45, 2.75) is 25.9 Å². The van der Waals surface area contributed by atoms with E-state index in [2.05, 4.69) is 5.32 Å². The fraction of sp³-hybridized carbons (Fsp3) is 0.294. The van der Waals surface area contributed by atoms with Crippen molar-refractivity contribution in [2.75, 3.05) is 0 Å². The maximum atomic E-state index is 12.3. The van der Waals surface area contributed by atoms with Gasteiger partial charge in [0.05, 0.1) is 23.3 Å². The predicted molar refractivity (Wildman–Crippen MR) is 87.1 cm³/mol. The van der Waals surface area contributed by atoms with Crippen LogP contribution in [0.25, 0.3) is 11.0 Å². The SMILES string of the molecule is CC(NC(=O)CCn1c(=O)n(C)c2ccccc21)c1ccco1. The third kappa shape index (κ3) is 2.92. The molecule has 0 radical (unpaired) electrons. The maximum absolute atomic E-state index is 12.3. The van der Waals surface area contributed by atoms with Crippen LogP contribution in [0.4, 0.5) is 0 Å². The van der Waals surface area contributed by atoms with E-state index in [1.807, 2.05) is 37.3 Å². The minimum atomic E-state index is -0.193. The standard InChI is InChI=1S/C17H19N3O3/c1-12(15-8-5-11-23-15)18-16(21)9-10-20-14-7-4-3-6-13(14)19(2)17(20)22/h3-8,11-12H,9-10H2,1-2H3,(H,18,21). The second-order valence-electron chi connectivity index (χ2n) is 5.54. The molecule has 2 heterocycles. The lowest BCUT2D eigenvalue weighted by Gasteiger charge is -2.11. The van der Waals surface area contributed by atoms with Crippen LogP contribution in [-0.4, -0.2) is 15.0 Å². The fourth-order valence-corrected chi connectivity index (χ4v) is 2.72. The van der Waals surface area contributed by atoms with Crippen molar-refractivity contribution in [1.29, 1.82) is 0 Å². The van der Waals surface area contributed by atoms with Crippen LogP contribution in [0.5, 0.6) is 0 Å². The summed E-state index contributed by atoms with van der Waals surface area (Å²) in [4.78, 5) is 24.4. The van der Waals surface area contributed by atoms with E-state index in [-0.39, 0.29) is 24.1 Å². The maximum Gasteiger partial charge on any atom is 0.328 e. The number of aryl methyl sites for hydroxylation is 2. The second kappa shape index (κ2) is 6.16. The van der Waals surface area contributed by atoms with Crippen LogP contribution in [0.15, 0.2) is 51.9 Å². The molecule has 3 rings (SSSR count). The molecule has 6 heteroatoms.